The van der Waals surface area contributed by atoms with Crippen LogP contribution >= 0.6 is 0 Å². The van der Waals surface area contributed by atoms with E-state index in [1.807, 2.05) is 60.8 Å². The fourth-order valence-electron chi connectivity index (χ4n) is 4.72. The van der Waals surface area contributed by atoms with Gasteiger partial charge in [-0.05, 0) is 37.1 Å². The van der Waals surface area contributed by atoms with Crippen LogP contribution in [0.3, 0.4) is 0 Å². The molecule has 5 aromatic rings. The number of nitrogens with one attached hydrogen (secondary N) is 3. The van der Waals surface area contributed by atoms with Gasteiger partial charge in [-0.15, -0.1) is 0 Å². The lowest BCUT2D eigenvalue weighted by Crippen LogP contribution is -2.26. The number of aryl methyl sites for hydroxylation is 1. The molecule has 0 spiro atoms. The van der Waals surface area contributed by atoms with E-state index in [0.717, 1.165) is 69.5 Å². The number of urea groups is 1. The number of anilines is 2. The van der Waals surface area contributed by atoms with Crippen molar-refractivity contribution in [2.45, 2.75) is 19.0 Å². The van der Waals surface area contributed by atoms with Crippen molar-refractivity contribution in [1.29, 1.82) is 0 Å². The van der Waals surface area contributed by atoms with Crippen LogP contribution in [0, 0.1) is 0 Å². The maximum Gasteiger partial charge on any atom is 0.490 e. The van der Waals surface area contributed by atoms with Crippen LogP contribution in [-0.4, -0.2) is 39.8 Å². The number of fused-ring (bicyclic) bond motifs is 2. The van der Waals surface area contributed by atoms with Crippen LogP contribution in [0.25, 0.3) is 27.5 Å². The number of aliphatic carboxylic acids is 1. The highest BCUT2D eigenvalue weighted by atomic mass is 19.4. The first-order chi connectivity index (χ1) is 19.7. The fourth-order valence-corrected chi connectivity index (χ4v) is 4.72. The van der Waals surface area contributed by atoms with Gasteiger partial charge in [-0.25, -0.2) is 9.59 Å². The number of hydrogen-bond acceptors (Lipinski definition) is 3. The van der Waals surface area contributed by atoms with Crippen molar-refractivity contribution in [2.24, 2.45) is 0 Å². The first kappa shape index (κ1) is 27.4. The molecule has 2 aromatic heterocycles. The molecule has 8 nitrogen and oxygen atoms in total. The summed E-state index contributed by atoms with van der Waals surface area (Å²) in [7, 11) is 0. The minimum Gasteiger partial charge on any atom is -0.475 e. The minimum absolute atomic E-state index is 0.276. The number of carboxylic acid groups (broad SMARTS) is 1. The Bertz CT molecular complexity index is 1720. The van der Waals surface area contributed by atoms with E-state index in [2.05, 4.69) is 44.9 Å². The molecule has 0 aliphatic carbocycles. The lowest BCUT2D eigenvalue weighted by molar-refractivity contribution is -0.192. The third-order valence-corrected chi connectivity index (χ3v) is 6.53. The summed E-state index contributed by atoms with van der Waals surface area (Å²) >= 11 is 0. The van der Waals surface area contributed by atoms with Crippen LogP contribution in [0.2, 0.25) is 0 Å². The molecule has 3 heterocycles. The number of carbonyl (C=O) groups is 2. The normalized spacial score (nSPS) is 13.1. The number of aromatic amines is 2. The predicted octanol–water partition coefficient (Wildman–Crippen LogP) is 6.87. The Hall–Kier alpha value is -5.19. The molecule has 0 unspecified atom stereocenters. The van der Waals surface area contributed by atoms with Crippen molar-refractivity contribution in [3.63, 3.8) is 0 Å². The van der Waals surface area contributed by atoms with Gasteiger partial charge in [0.2, 0.25) is 0 Å². The third kappa shape index (κ3) is 5.88. The number of H-pyrrole nitrogens is 2. The summed E-state index contributed by atoms with van der Waals surface area (Å²) in [5, 5.41) is 16.9. The number of rotatable bonds is 7. The zero-order valence-corrected chi connectivity index (χ0v) is 21.6. The Balaban J connectivity index is 0.000000431. The molecule has 11 heteroatoms. The molecule has 0 fully saturated rings. The molecule has 2 amide bonds. The molecule has 0 bridgehead atoms. The second-order valence-electron chi connectivity index (χ2n) is 9.20. The quantitative estimate of drug-likeness (QED) is 0.163. The van der Waals surface area contributed by atoms with Gasteiger partial charge in [0, 0.05) is 51.5 Å². The standard InChI is InChI=1S/C28H24N5O.C2HF3O2/c34-28-31-18-26(33(28)25-17-30-22-13-6-4-11-20(22)25)27-21-12-5-7-14-23(21)32-24(27)15-8-16-29-19-9-2-1-3-10-19;3-2(4,5)1(6)7/h1-7,9-14,17-18,29-30,32H,8,15-16H2;(H,6,7). The lowest BCUT2D eigenvalue weighted by Gasteiger charge is -2.19. The average Bonchev–Trinajstić information content (AvgIpc) is 3.65. The van der Waals surface area contributed by atoms with Crippen LogP contribution in [0.15, 0.2) is 91.3 Å². The number of carboxylic acids is 1. The molecule has 1 radical (unpaired) electrons. The summed E-state index contributed by atoms with van der Waals surface area (Å²) in [5.74, 6) is -2.76. The second kappa shape index (κ2) is 11.5. The average molecular weight is 561 g/mol. The van der Waals surface area contributed by atoms with E-state index in [1.54, 1.807) is 11.1 Å². The molecule has 0 atom stereocenters. The molecule has 3 aromatic carbocycles. The van der Waals surface area contributed by atoms with E-state index in [-0.39, 0.29) is 6.03 Å². The zero-order valence-electron chi connectivity index (χ0n) is 21.6. The smallest absolute Gasteiger partial charge is 0.475 e. The van der Waals surface area contributed by atoms with E-state index in [1.165, 1.54) is 0 Å². The maximum atomic E-state index is 13.0. The van der Waals surface area contributed by atoms with Gasteiger partial charge in [0.05, 0.1) is 17.6 Å². The van der Waals surface area contributed by atoms with Crippen molar-refractivity contribution in [3.05, 3.63) is 103 Å². The van der Waals surface area contributed by atoms with Gasteiger partial charge in [0.25, 0.3) is 0 Å². The molecule has 41 heavy (non-hydrogen) atoms. The number of alkyl halides is 3. The zero-order chi connectivity index (χ0) is 29.0. The van der Waals surface area contributed by atoms with Crippen molar-refractivity contribution in [2.75, 3.05) is 16.8 Å². The largest absolute Gasteiger partial charge is 0.490 e. The number of aromatic nitrogens is 2. The van der Waals surface area contributed by atoms with Crippen LogP contribution in [0.1, 0.15) is 17.7 Å². The SMILES string of the molecule is O=C(O)C(F)(F)F.O=C1[N]C=C(c2c(CCCNc3ccccc3)[nH]c3ccccc23)N1c1c[nH]c2ccccc12. The van der Waals surface area contributed by atoms with Gasteiger partial charge >= 0.3 is 18.2 Å². The highest BCUT2D eigenvalue weighted by molar-refractivity contribution is 6.16. The third-order valence-electron chi connectivity index (χ3n) is 6.53. The number of hydrogen-bond donors (Lipinski definition) is 4. The first-order valence-electron chi connectivity index (χ1n) is 12.7. The number of amides is 2. The van der Waals surface area contributed by atoms with Gasteiger partial charge in [-0.3, -0.25) is 4.90 Å². The van der Waals surface area contributed by atoms with Crippen LogP contribution < -0.4 is 15.5 Å². The monoisotopic (exact) mass is 560 g/mol. The number of carbonyl (C=O) groups excluding carboxylic acids is 1. The minimum atomic E-state index is -5.08. The molecule has 0 saturated carbocycles. The number of nitrogens with zero attached hydrogens (tertiary/aromatic N) is 2. The molecule has 4 N–H and O–H groups in total. The van der Waals surface area contributed by atoms with Crippen LogP contribution in [-0.2, 0) is 11.2 Å². The predicted molar refractivity (Wildman–Crippen MR) is 152 cm³/mol. The Morgan fingerprint density at radius 1 is 0.927 bits per heavy atom. The fraction of sp³-hybridized carbons (Fsp3) is 0.133. The van der Waals surface area contributed by atoms with Crippen LogP contribution in [0.5, 0.6) is 0 Å². The molecule has 1 aliphatic rings. The summed E-state index contributed by atoms with van der Waals surface area (Å²) in [6.07, 6.45) is 0.290. The molecule has 209 valence electrons. The lowest BCUT2D eigenvalue weighted by atomic mass is 10.0. The van der Waals surface area contributed by atoms with E-state index in [4.69, 9.17) is 9.90 Å². The van der Waals surface area contributed by atoms with Gasteiger partial charge < -0.3 is 20.4 Å². The number of benzene rings is 3. The Morgan fingerprint density at radius 3 is 2.27 bits per heavy atom. The second-order valence-corrected chi connectivity index (χ2v) is 9.20. The van der Waals surface area contributed by atoms with Gasteiger partial charge in [-0.1, -0.05) is 54.6 Å². The number of para-hydroxylation sites is 3. The highest BCUT2D eigenvalue weighted by Crippen LogP contribution is 2.39. The van der Waals surface area contributed by atoms with Crippen LogP contribution in [0.4, 0.5) is 29.3 Å². The molecular weight excluding hydrogens is 535 g/mol. The van der Waals surface area contributed by atoms with Gasteiger partial charge in [-0.2, -0.15) is 18.5 Å². The summed E-state index contributed by atoms with van der Waals surface area (Å²) in [4.78, 5) is 30.5. The van der Waals surface area contributed by atoms with Gasteiger partial charge in [0.15, 0.2) is 0 Å². The van der Waals surface area contributed by atoms with Gasteiger partial charge in [0.1, 0.15) is 0 Å². The summed E-state index contributed by atoms with van der Waals surface area (Å²) in [5.41, 5.74) is 6.93. The summed E-state index contributed by atoms with van der Waals surface area (Å²) < 4.78 is 31.7. The molecule has 6 rings (SSSR count). The van der Waals surface area contributed by atoms with Crippen molar-refractivity contribution < 1.29 is 27.9 Å². The Morgan fingerprint density at radius 2 is 1.56 bits per heavy atom. The number of halogens is 3. The summed E-state index contributed by atoms with van der Waals surface area (Å²) in [6, 6.07) is 26.2. The highest BCUT2D eigenvalue weighted by Gasteiger charge is 2.38. The summed E-state index contributed by atoms with van der Waals surface area (Å²) in [6.45, 7) is 0.854. The molecule has 1 aliphatic heterocycles. The van der Waals surface area contributed by atoms with Crippen molar-refractivity contribution in [1.82, 2.24) is 15.3 Å². The molecular formula is C30H25F3N5O3. The first-order valence-corrected chi connectivity index (χ1v) is 12.7. The maximum absolute atomic E-state index is 13.0. The topological polar surface area (TPSA) is 115 Å². The van der Waals surface area contributed by atoms with E-state index in [9.17, 15) is 18.0 Å². The van der Waals surface area contributed by atoms with Crippen molar-refractivity contribution in [3.8, 4) is 0 Å². The Kier molecular flexibility index (Phi) is 7.68. The van der Waals surface area contributed by atoms with Crippen molar-refractivity contribution >= 4 is 50.9 Å². The molecule has 0 saturated heterocycles. The van der Waals surface area contributed by atoms with E-state index in [0.29, 0.717) is 0 Å². The Labute approximate surface area is 232 Å². The van der Waals surface area contributed by atoms with E-state index < -0.39 is 12.1 Å². The van der Waals surface area contributed by atoms with E-state index >= 15 is 0 Å².